The lowest BCUT2D eigenvalue weighted by molar-refractivity contribution is -0.117. The van der Waals surface area contributed by atoms with Crippen LogP contribution in [0, 0.1) is 12.8 Å². The van der Waals surface area contributed by atoms with Crippen molar-refractivity contribution in [1.29, 1.82) is 0 Å². The number of nitrogens with one attached hydrogen (secondary N) is 1. The van der Waals surface area contributed by atoms with Crippen LogP contribution < -0.4 is 11.1 Å². The highest BCUT2D eigenvalue weighted by molar-refractivity contribution is 6.31. The molecule has 3 rings (SSSR count). The third-order valence-electron chi connectivity index (χ3n) is 4.42. The fourth-order valence-electron chi connectivity index (χ4n) is 3.19. The van der Waals surface area contributed by atoms with E-state index in [1.165, 1.54) is 0 Å². The molecule has 2 aliphatic rings. The third kappa shape index (κ3) is 2.32. The van der Waals surface area contributed by atoms with Crippen LogP contribution in [0.25, 0.3) is 0 Å². The van der Waals surface area contributed by atoms with Crippen molar-refractivity contribution in [3.05, 3.63) is 34.3 Å². The maximum absolute atomic E-state index is 12.4. The van der Waals surface area contributed by atoms with Crippen LogP contribution in [0.1, 0.15) is 28.8 Å². The lowest BCUT2D eigenvalue weighted by Crippen LogP contribution is -2.72. The number of halogens is 1. The fraction of sp³-hybridized carbons (Fsp3) is 0.533. The Bertz CT molecular complexity index is 535. The summed E-state index contributed by atoms with van der Waals surface area (Å²) in [5, 5.41) is 3.56. The molecule has 1 aromatic carbocycles. The van der Waals surface area contributed by atoms with Gasteiger partial charge in [-0.05, 0) is 37.5 Å². The monoisotopic (exact) mass is 294 g/mol. The zero-order valence-electron chi connectivity index (χ0n) is 11.4. The Labute approximate surface area is 123 Å². The van der Waals surface area contributed by atoms with E-state index < -0.39 is 0 Å². The molecule has 4 atom stereocenters. The number of rotatable bonds is 2. The Balaban J connectivity index is 1.71. The second-order valence-corrected chi connectivity index (χ2v) is 6.11. The number of aryl methyl sites for hydroxylation is 1. The molecule has 3 N–H and O–H groups in total. The molecule has 1 heterocycles. The van der Waals surface area contributed by atoms with Gasteiger partial charge in [0.15, 0.2) is 0 Å². The van der Waals surface area contributed by atoms with Crippen molar-refractivity contribution < 1.29 is 9.53 Å². The highest BCUT2D eigenvalue weighted by atomic mass is 35.5. The number of fused-ring (bicyclic) bond motifs is 1. The number of nitrogens with two attached hydrogens (primary N) is 1. The molecule has 0 spiro atoms. The van der Waals surface area contributed by atoms with Gasteiger partial charge in [-0.2, -0.15) is 0 Å². The minimum atomic E-state index is -0.127. The van der Waals surface area contributed by atoms with Gasteiger partial charge in [-0.25, -0.2) is 0 Å². The van der Waals surface area contributed by atoms with Crippen molar-refractivity contribution >= 4 is 17.5 Å². The summed E-state index contributed by atoms with van der Waals surface area (Å²) < 4.78 is 5.73. The van der Waals surface area contributed by atoms with E-state index in [-0.39, 0.29) is 24.1 Å². The predicted octanol–water partition coefficient (Wildman–Crippen LogP) is 1.88. The van der Waals surface area contributed by atoms with E-state index in [1.807, 2.05) is 13.0 Å². The average Bonchev–Trinajstić information content (AvgIpc) is 2.46. The van der Waals surface area contributed by atoms with E-state index >= 15 is 0 Å². The molecule has 20 heavy (non-hydrogen) atoms. The zero-order valence-corrected chi connectivity index (χ0v) is 12.2. The Hall–Kier alpha value is -1.10. The molecule has 1 amide bonds. The van der Waals surface area contributed by atoms with Gasteiger partial charge in [-0.1, -0.05) is 17.7 Å². The first-order valence-electron chi connectivity index (χ1n) is 7.02. The maximum Gasteiger partial charge on any atom is 0.251 e. The van der Waals surface area contributed by atoms with Gasteiger partial charge in [0.25, 0.3) is 5.91 Å². The average molecular weight is 295 g/mol. The van der Waals surface area contributed by atoms with E-state index in [0.717, 1.165) is 25.0 Å². The molecule has 5 heteroatoms. The number of benzene rings is 1. The van der Waals surface area contributed by atoms with Gasteiger partial charge >= 0.3 is 0 Å². The summed E-state index contributed by atoms with van der Waals surface area (Å²) in [6.45, 7) is 2.66. The third-order valence-corrected chi connectivity index (χ3v) is 4.65. The second kappa shape index (κ2) is 5.35. The largest absolute Gasteiger partial charge is 0.376 e. The van der Waals surface area contributed by atoms with Gasteiger partial charge in [0.1, 0.15) is 0 Å². The maximum atomic E-state index is 12.4. The molecule has 0 radical (unpaired) electrons. The predicted molar refractivity (Wildman–Crippen MR) is 77.9 cm³/mol. The van der Waals surface area contributed by atoms with Crippen LogP contribution in [0.2, 0.25) is 5.02 Å². The van der Waals surface area contributed by atoms with Gasteiger partial charge < -0.3 is 15.8 Å². The normalized spacial score (nSPS) is 32.1. The minimum absolute atomic E-state index is 0.0104. The van der Waals surface area contributed by atoms with Gasteiger partial charge in [0.2, 0.25) is 0 Å². The molecular formula is C15H19ClN2O2. The molecule has 1 aliphatic heterocycles. The van der Waals surface area contributed by atoms with Crippen LogP contribution in [-0.4, -0.2) is 30.7 Å². The Morgan fingerprint density at radius 1 is 1.50 bits per heavy atom. The minimum Gasteiger partial charge on any atom is -0.376 e. The molecule has 1 saturated heterocycles. The van der Waals surface area contributed by atoms with E-state index in [1.54, 1.807) is 12.1 Å². The molecule has 2 fully saturated rings. The highest BCUT2D eigenvalue weighted by Crippen LogP contribution is 2.37. The SMILES string of the molecule is Cc1ccc(Cl)cc1C(=O)NC1C(N)C2CCCOC21. The molecule has 1 saturated carbocycles. The summed E-state index contributed by atoms with van der Waals surface area (Å²) >= 11 is 5.96. The standard InChI is InChI=1S/C15H19ClN2O2/c1-8-4-5-9(16)7-11(8)15(19)18-13-12(17)10-3-2-6-20-14(10)13/h4-5,7,10,12-14H,2-3,6,17H2,1H3,(H,18,19). The molecule has 4 nitrogen and oxygen atoms in total. The summed E-state index contributed by atoms with van der Waals surface area (Å²) in [6, 6.07) is 5.21. The molecule has 108 valence electrons. The van der Waals surface area contributed by atoms with Crippen molar-refractivity contribution in [2.24, 2.45) is 11.7 Å². The lowest BCUT2D eigenvalue weighted by Gasteiger charge is -2.52. The van der Waals surface area contributed by atoms with Crippen molar-refractivity contribution in [3.8, 4) is 0 Å². The van der Waals surface area contributed by atoms with Crippen LogP contribution in [0.15, 0.2) is 18.2 Å². The quantitative estimate of drug-likeness (QED) is 0.875. The number of hydrogen-bond donors (Lipinski definition) is 2. The van der Waals surface area contributed by atoms with Crippen LogP contribution in [0.4, 0.5) is 0 Å². The number of carbonyl (C=O) groups excluding carboxylic acids is 1. The van der Waals surface area contributed by atoms with E-state index in [4.69, 9.17) is 22.1 Å². The highest BCUT2D eigenvalue weighted by Gasteiger charge is 2.51. The molecule has 0 bridgehead atoms. The van der Waals surface area contributed by atoms with Crippen molar-refractivity contribution in [3.63, 3.8) is 0 Å². The summed E-state index contributed by atoms with van der Waals surface area (Å²) in [4.78, 5) is 12.4. The second-order valence-electron chi connectivity index (χ2n) is 5.68. The van der Waals surface area contributed by atoms with Gasteiger partial charge in [0.05, 0.1) is 12.1 Å². The van der Waals surface area contributed by atoms with Crippen LogP contribution in [0.5, 0.6) is 0 Å². The first kappa shape index (κ1) is 13.9. The summed E-state index contributed by atoms with van der Waals surface area (Å²) in [5.41, 5.74) is 7.66. The van der Waals surface area contributed by atoms with E-state index in [2.05, 4.69) is 5.32 Å². The van der Waals surface area contributed by atoms with Crippen LogP contribution in [0.3, 0.4) is 0 Å². The van der Waals surface area contributed by atoms with Gasteiger partial charge in [0, 0.05) is 29.2 Å². The summed E-state index contributed by atoms with van der Waals surface area (Å²) in [6.07, 6.45) is 2.22. The molecular weight excluding hydrogens is 276 g/mol. The van der Waals surface area contributed by atoms with E-state index in [9.17, 15) is 4.79 Å². The number of carbonyl (C=O) groups is 1. The smallest absolute Gasteiger partial charge is 0.251 e. The topological polar surface area (TPSA) is 64.4 Å². The van der Waals surface area contributed by atoms with Gasteiger partial charge in [-0.15, -0.1) is 0 Å². The first-order chi connectivity index (χ1) is 9.58. The summed E-state index contributed by atoms with van der Waals surface area (Å²) in [5.74, 6) is 0.257. The number of ether oxygens (including phenoxy) is 1. The van der Waals surface area contributed by atoms with Crippen molar-refractivity contribution in [1.82, 2.24) is 5.32 Å². The molecule has 1 aromatic rings. The van der Waals surface area contributed by atoms with Gasteiger partial charge in [-0.3, -0.25) is 4.79 Å². The summed E-state index contributed by atoms with van der Waals surface area (Å²) in [7, 11) is 0. The Kier molecular flexibility index (Phi) is 3.71. The van der Waals surface area contributed by atoms with Crippen LogP contribution in [-0.2, 0) is 4.74 Å². The van der Waals surface area contributed by atoms with E-state index in [0.29, 0.717) is 16.5 Å². The Morgan fingerprint density at radius 3 is 3.10 bits per heavy atom. The Morgan fingerprint density at radius 2 is 2.30 bits per heavy atom. The lowest BCUT2D eigenvalue weighted by atomic mass is 9.68. The van der Waals surface area contributed by atoms with Crippen LogP contribution >= 0.6 is 11.6 Å². The number of hydrogen-bond acceptors (Lipinski definition) is 3. The fourth-order valence-corrected chi connectivity index (χ4v) is 3.37. The van der Waals surface area contributed by atoms with Crippen molar-refractivity contribution in [2.75, 3.05) is 6.61 Å². The molecule has 4 unspecified atom stereocenters. The first-order valence-corrected chi connectivity index (χ1v) is 7.40. The van der Waals surface area contributed by atoms with Crippen molar-refractivity contribution in [2.45, 2.75) is 38.0 Å². The number of amides is 1. The zero-order chi connectivity index (χ0) is 14.3. The molecule has 1 aliphatic carbocycles. The molecule has 0 aromatic heterocycles.